The molecule has 8 heteroatoms. The van der Waals surface area contributed by atoms with Crippen LogP contribution in [0, 0.1) is 13.5 Å². The highest BCUT2D eigenvalue weighted by Gasteiger charge is 2.37. The smallest absolute Gasteiger partial charge is 0.223 e. The molecule has 3 heterocycles. The van der Waals surface area contributed by atoms with Crippen LogP contribution in [0.2, 0.25) is 25.7 Å². The zero-order valence-corrected chi connectivity index (χ0v) is 23.0. The van der Waals surface area contributed by atoms with Crippen LogP contribution in [0.5, 0.6) is 0 Å². The molecule has 1 aromatic carbocycles. The Morgan fingerprint density at radius 1 is 1.19 bits per heavy atom. The average molecular weight is 503 g/mol. The first kappa shape index (κ1) is 24.9. The second-order valence-electron chi connectivity index (χ2n) is 11.5. The number of benzene rings is 1. The fourth-order valence-electron chi connectivity index (χ4n) is 5.30. The normalized spacial score (nSPS) is 20.4. The van der Waals surface area contributed by atoms with E-state index >= 15 is 0 Å². The summed E-state index contributed by atoms with van der Waals surface area (Å²) >= 11 is 0. The maximum absolute atomic E-state index is 7.48. The van der Waals surface area contributed by atoms with Crippen LogP contribution in [-0.4, -0.2) is 59.3 Å². The Morgan fingerprint density at radius 2 is 2.00 bits per heavy atom. The third-order valence-electron chi connectivity index (χ3n) is 7.61. The van der Waals surface area contributed by atoms with Gasteiger partial charge in [-0.2, -0.15) is 0 Å². The molecule has 2 aliphatic rings. The molecule has 0 bridgehead atoms. The lowest BCUT2D eigenvalue weighted by atomic mass is 9.85. The minimum atomic E-state index is -1.15. The van der Waals surface area contributed by atoms with E-state index in [1.807, 2.05) is 24.4 Å². The van der Waals surface area contributed by atoms with Crippen LogP contribution in [0.1, 0.15) is 31.2 Å². The molecule has 1 aliphatic heterocycles. The van der Waals surface area contributed by atoms with Gasteiger partial charge in [-0.3, -0.25) is 4.90 Å². The predicted octanol–water partition coefficient (Wildman–Crippen LogP) is 6.31. The first-order valence-electron chi connectivity index (χ1n) is 13.2. The number of rotatable bonds is 9. The largest absolute Gasteiger partial charge is 0.361 e. The third kappa shape index (κ3) is 5.34. The number of ether oxygens (including phenoxy) is 1. The summed E-state index contributed by atoms with van der Waals surface area (Å²) in [5.41, 5.74) is 4.68. The first-order valence-corrected chi connectivity index (χ1v) is 17.0. The average Bonchev–Trinajstić information content (AvgIpc) is 3.48. The standard InChI is InChI=1S/C28H38N6OSi/c1-20-17-30-28(31-24-10-11-25(24)33-12-6-7-13-33)32-27(20)23-18-34(19-35-14-15-36(3,4)5)26-16-21(29-2)8-9-22(23)26/h8-9,16-18,24-25H,6-7,10-15,19H2,1,3-5H3,(H,30,31,32)/t24-,25-/m1/s1. The van der Waals surface area contributed by atoms with Crippen molar-refractivity contribution in [3.05, 3.63) is 47.6 Å². The van der Waals surface area contributed by atoms with Gasteiger partial charge in [-0.15, -0.1) is 0 Å². The molecule has 2 atom stereocenters. The molecule has 0 unspecified atom stereocenters. The lowest BCUT2D eigenvalue weighted by Gasteiger charge is -2.43. The molecule has 3 aromatic rings. The Labute approximate surface area is 215 Å². The topological polar surface area (TPSA) is 59.6 Å². The molecule has 1 saturated carbocycles. The summed E-state index contributed by atoms with van der Waals surface area (Å²) in [6.07, 6.45) is 9.11. The van der Waals surface area contributed by atoms with Gasteiger partial charge < -0.3 is 14.6 Å². The van der Waals surface area contributed by atoms with Crippen molar-refractivity contribution in [3.63, 3.8) is 0 Å². The minimum Gasteiger partial charge on any atom is -0.361 e. The number of nitrogens with zero attached hydrogens (tertiary/aromatic N) is 5. The number of likely N-dealkylation sites (tertiary alicyclic amines) is 1. The number of hydrogen-bond donors (Lipinski definition) is 1. The lowest BCUT2D eigenvalue weighted by molar-refractivity contribution is 0.0903. The van der Waals surface area contributed by atoms with Crippen LogP contribution in [0.15, 0.2) is 30.6 Å². The fourth-order valence-corrected chi connectivity index (χ4v) is 6.05. The summed E-state index contributed by atoms with van der Waals surface area (Å²) < 4.78 is 8.20. The fraction of sp³-hybridized carbons (Fsp3) is 0.536. The van der Waals surface area contributed by atoms with E-state index < -0.39 is 8.07 Å². The van der Waals surface area contributed by atoms with E-state index in [-0.39, 0.29) is 0 Å². The van der Waals surface area contributed by atoms with Crippen molar-refractivity contribution < 1.29 is 4.74 Å². The molecular weight excluding hydrogens is 464 g/mol. The summed E-state index contributed by atoms with van der Waals surface area (Å²) in [5.74, 6) is 0.703. The van der Waals surface area contributed by atoms with Gasteiger partial charge in [0.2, 0.25) is 5.95 Å². The minimum absolute atomic E-state index is 0.418. The predicted molar refractivity (Wildman–Crippen MR) is 149 cm³/mol. The Balaban J connectivity index is 1.41. The highest BCUT2D eigenvalue weighted by Crippen LogP contribution is 2.35. The van der Waals surface area contributed by atoms with Gasteiger partial charge in [-0.25, -0.2) is 14.8 Å². The molecule has 2 fully saturated rings. The van der Waals surface area contributed by atoms with E-state index in [0.717, 1.165) is 40.4 Å². The molecule has 0 spiro atoms. The number of nitrogens with one attached hydrogen (secondary N) is 1. The van der Waals surface area contributed by atoms with Gasteiger partial charge in [0.1, 0.15) is 6.73 Å². The molecule has 2 aromatic heterocycles. The zero-order valence-electron chi connectivity index (χ0n) is 22.0. The second kappa shape index (κ2) is 10.3. The molecule has 0 radical (unpaired) electrons. The molecule has 5 rings (SSSR count). The van der Waals surface area contributed by atoms with E-state index in [4.69, 9.17) is 16.3 Å². The van der Waals surface area contributed by atoms with Crippen LogP contribution in [0.4, 0.5) is 11.6 Å². The molecule has 1 aliphatic carbocycles. The van der Waals surface area contributed by atoms with Gasteiger partial charge in [-0.1, -0.05) is 31.8 Å². The Bertz CT molecular complexity index is 1270. The quantitative estimate of drug-likeness (QED) is 0.211. The van der Waals surface area contributed by atoms with Gasteiger partial charge in [0.25, 0.3) is 0 Å². The maximum Gasteiger partial charge on any atom is 0.223 e. The van der Waals surface area contributed by atoms with E-state index in [2.05, 4.69) is 57.4 Å². The van der Waals surface area contributed by atoms with Crippen LogP contribution < -0.4 is 5.32 Å². The van der Waals surface area contributed by atoms with Crippen molar-refractivity contribution in [2.24, 2.45) is 0 Å². The Kier molecular flexibility index (Phi) is 7.15. The van der Waals surface area contributed by atoms with E-state index in [1.165, 1.54) is 38.8 Å². The van der Waals surface area contributed by atoms with Gasteiger partial charge in [0, 0.05) is 55.6 Å². The molecule has 7 nitrogen and oxygen atoms in total. The zero-order chi connectivity index (χ0) is 25.3. The summed E-state index contributed by atoms with van der Waals surface area (Å²) in [5, 5.41) is 4.73. The first-order chi connectivity index (χ1) is 17.3. The number of fused-ring (bicyclic) bond motifs is 1. The maximum atomic E-state index is 7.48. The number of hydrogen-bond acceptors (Lipinski definition) is 5. The Hall–Kier alpha value is -2.73. The van der Waals surface area contributed by atoms with Gasteiger partial charge in [0.05, 0.1) is 12.3 Å². The monoisotopic (exact) mass is 502 g/mol. The van der Waals surface area contributed by atoms with E-state index in [9.17, 15) is 0 Å². The lowest BCUT2D eigenvalue weighted by Crippen LogP contribution is -2.53. The second-order valence-corrected chi connectivity index (χ2v) is 17.2. The van der Waals surface area contributed by atoms with E-state index in [1.54, 1.807) is 0 Å². The van der Waals surface area contributed by atoms with Gasteiger partial charge in [-0.05, 0) is 63.4 Å². The van der Waals surface area contributed by atoms with Gasteiger partial charge >= 0.3 is 0 Å². The number of aryl methyl sites for hydroxylation is 1. The van der Waals surface area contributed by atoms with E-state index in [0.29, 0.717) is 30.5 Å². The van der Waals surface area contributed by atoms with Crippen molar-refractivity contribution >= 4 is 30.6 Å². The van der Waals surface area contributed by atoms with Crippen LogP contribution >= 0.6 is 0 Å². The summed E-state index contributed by atoms with van der Waals surface area (Å²) in [6, 6.07) is 8.04. The number of aromatic nitrogens is 3. The summed E-state index contributed by atoms with van der Waals surface area (Å²) in [6.45, 7) is 20.3. The van der Waals surface area contributed by atoms with Gasteiger partial charge in [0.15, 0.2) is 5.69 Å². The molecular formula is C28H38N6OSi. The van der Waals surface area contributed by atoms with Crippen molar-refractivity contribution in [1.82, 2.24) is 19.4 Å². The van der Waals surface area contributed by atoms with Crippen LogP contribution in [-0.2, 0) is 11.5 Å². The highest BCUT2D eigenvalue weighted by molar-refractivity contribution is 6.76. The SMILES string of the molecule is [C-]#[N+]c1ccc2c(-c3nc(N[C@@H]4CC[C@H]4N4CCCC4)ncc3C)cn(COCC[Si](C)(C)C)c2c1. The molecule has 36 heavy (non-hydrogen) atoms. The molecule has 190 valence electrons. The van der Waals surface area contributed by atoms with Crippen molar-refractivity contribution in [3.8, 4) is 11.3 Å². The van der Waals surface area contributed by atoms with Crippen molar-refractivity contribution in [1.29, 1.82) is 0 Å². The molecule has 1 N–H and O–H groups in total. The molecule has 0 amide bonds. The summed E-state index contributed by atoms with van der Waals surface area (Å²) in [7, 11) is -1.15. The van der Waals surface area contributed by atoms with Crippen molar-refractivity contribution in [2.75, 3.05) is 25.0 Å². The Morgan fingerprint density at radius 3 is 2.69 bits per heavy atom. The van der Waals surface area contributed by atoms with Crippen LogP contribution in [0.3, 0.4) is 0 Å². The number of anilines is 1. The van der Waals surface area contributed by atoms with Crippen molar-refractivity contribution in [2.45, 2.75) is 77.1 Å². The summed E-state index contributed by atoms with van der Waals surface area (Å²) in [4.78, 5) is 15.9. The third-order valence-corrected chi connectivity index (χ3v) is 9.31. The highest BCUT2D eigenvalue weighted by atomic mass is 28.3. The van der Waals surface area contributed by atoms with Crippen LogP contribution in [0.25, 0.3) is 27.0 Å². The molecule has 1 saturated heterocycles.